The van der Waals surface area contributed by atoms with Gasteiger partial charge in [0.25, 0.3) is 0 Å². The van der Waals surface area contributed by atoms with Gasteiger partial charge < -0.3 is 0 Å². The van der Waals surface area contributed by atoms with Crippen molar-refractivity contribution in [2.24, 2.45) is 11.8 Å². The topological polar surface area (TPSA) is 0 Å². The quantitative estimate of drug-likeness (QED) is 0.403. The Balaban J connectivity index is 3.52. The van der Waals surface area contributed by atoms with E-state index in [4.69, 9.17) is 0 Å². The van der Waals surface area contributed by atoms with Gasteiger partial charge in [-0.3, -0.25) is 0 Å². The van der Waals surface area contributed by atoms with E-state index >= 15 is 0 Å². The molecule has 0 fully saturated rings. The molecule has 14 heavy (non-hydrogen) atoms. The molecule has 0 heterocycles. The highest BCUT2D eigenvalue weighted by atomic mass is 14.0. The highest BCUT2D eigenvalue weighted by Gasteiger charge is 1.93. The lowest BCUT2D eigenvalue weighted by Gasteiger charge is -2.02. The third-order valence-electron chi connectivity index (χ3n) is 2.17. The van der Waals surface area contributed by atoms with Crippen molar-refractivity contribution in [2.75, 3.05) is 0 Å². The fraction of sp³-hybridized carbons (Fsp3) is 0.643. The molecule has 0 bridgehead atoms. The summed E-state index contributed by atoms with van der Waals surface area (Å²) < 4.78 is 0. The Hall–Kier alpha value is -0.520. The van der Waals surface area contributed by atoms with Crippen molar-refractivity contribution in [3.8, 4) is 0 Å². The minimum Gasteiger partial charge on any atom is -0.0885 e. The average Bonchev–Trinajstić information content (AvgIpc) is 2.14. The summed E-state index contributed by atoms with van der Waals surface area (Å²) in [6, 6.07) is 0. The molecule has 0 aliphatic carbocycles. The molecule has 0 nitrogen and oxygen atoms in total. The third-order valence-corrected chi connectivity index (χ3v) is 2.17. The lowest BCUT2D eigenvalue weighted by atomic mass is 10.0. The molecule has 2 unspecified atom stereocenters. The van der Waals surface area contributed by atoms with Gasteiger partial charge in [-0.1, -0.05) is 57.9 Å². The molecule has 0 saturated carbocycles. The van der Waals surface area contributed by atoms with Crippen LogP contribution in [-0.4, -0.2) is 0 Å². The maximum absolute atomic E-state index is 3.93. The van der Waals surface area contributed by atoms with Crippen LogP contribution in [0.15, 0.2) is 24.3 Å². The molecular formula is C14H25. The number of hydrogen-bond donors (Lipinski definition) is 0. The van der Waals surface area contributed by atoms with E-state index in [-0.39, 0.29) is 0 Å². The molecule has 0 spiro atoms. The smallest absolute Gasteiger partial charge is 0.0227 e. The summed E-state index contributed by atoms with van der Waals surface area (Å²) in [5, 5.41) is 0. The lowest BCUT2D eigenvalue weighted by molar-refractivity contribution is 0.728. The van der Waals surface area contributed by atoms with Gasteiger partial charge in [-0.25, -0.2) is 0 Å². The Bertz CT molecular complexity index is 163. The molecule has 81 valence electrons. The van der Waals surface area contributed by atoms with Crippen molar-refractivity contribution < 1.29 is 0 Å². The van der Waals surface area contributed by atoms with Crippen molar-refractivity contribution in [1.82, 2.24) is 0 Å². The fourth-order valence-electron chi connectivity index (χ4n) is 1.21. The van der Waals surface area contributed by atoms with Crippen LogP contribution in [0.4, 0.5) is 0 Å². The summed E-state index contributed by atoms with van der Waals surface area (Å²) in [5.41, 5.74) is 0. The Morgan fingerprint density at radius 1 is 1.14 bits per heavy atom. The van der Waals surface area contributed by atoms with Gasteiger partial charge in [-0.2, -0.15) is 0 Å². The zero-order chi connectivity index (χ0) is 10.8. The van der Waals surface area contributed by atoms with E-state index in [1.807, 2.05) is 0 Å². The molecule has 0 aromatic heterocycles. The van der Waals surface area contributed by atoms with Crippen LogP contribution in [0.25, 0.3) is 0 Å². The molecule has 0 heteroatoms. The summed E-state index contributed by atoms with van der Waals surface area (Å²) in [6.45, 7) is 10.5. The summed E-state index contributed by atoms with van der Waals surface area (Å²) in [4.78, 5) is 0. The van der Waals surface area contributed by atoms with Crippen LogP contribution >= 0.6 is 0 Å². The largest absolute Gasteiger partial charge is 0.0885 e. The van der Waals surface area contributed by atoms with Crippen LogP contribution in [0.3, 0.4) is 0 Å². The molecule has 0 saturated heterocycles. The Morgan fingerprint density at radius 2 is 1.86 bits per heavy atom. The van der Waals surface area contributed by atoms with Gasteiger partial charge in [-0.05, 0) is 31.6 Å². The molecule has 0 N–H and O–H groups in total. The summed E-state index contributed by atoms with van der Waals surface area (Å²) in [7, 11) is 0. The molecule has 0 amide bonds. The van der Waals surface area contributed by atoms with E-state index in [1.54, 1.807) is 0 Å². The monoisotopic (exact) mass is 193 g/mol. The molecular weight excluding hydrogens is 168 g/mol. The first-order chi connectivity index (χ1) is 6.66. The van der Waals surface area contributed by atoms with Gasteiger partial charge >= 0.3 is 0 Å². The van der Waals surface area contributed by atoms with E-state index in [0.29, 0.717) is 11.8 Å². The maximum atomic E-state index is 3.93. The van der Waals surface area contributed by atoms with E-state index in [9.17, 15) is 0 Å². The van der Waals surface area contributed by atoms with Crippen LogP contribution in [0.2, 0.25) is 0 Å². The minimum atomic E-state index is 0.432. The van der Waals surface area contributed by atoms with Crippen LogP contribution in [0, 0.1) is 18.8 Å². The molecule has 0 aliphatic rings. The van der Waals surface area contributed by atoms with E-state index in [2.05, 4.69) is 52.0 Å². The number of rotatable bonds is 7. The maximum Gasteiger partial charge on any atom is -0.0227 e. The molecule has 0 aromatic rings. The molecule has 0 aliphatic heterocycles. The van der Waals surface area contributed by atoms with Crippen molar-refractivity contribution >= 4 is 0 Å². The standard InChI is InChI=1S/C14H25/c1-5-6-7-8-9-10-14(4)12-11-13(2)3/h8-9,11-14H,2,5-7,10H2,1,3-4H3. The Labute approximate surface area is 90.1 Å². The van der Waals surface area contributed by atoms with Gasteiger partial charge in [0.1, 0.15) is 0 Å². The zero-order valence-electron chi connectivity index (χ0n) is 10.00. The number of unbranched alkanes of at least 4 members (excludes halogenated alkanes) is 2. The minimum absolute atomic E-state index is 0.432. The Kier molecular flexibility index (Phi) is 8.72. The lowest BCUT2D eigenvalue weighted by Crippen LogP contribution is -1.88. The van der Waals surface area contributed by atoms with Crippen LogP contribution < -0.4 is 0 Å². The predicted molar refractivity (Wildman–Crippen MR) is 66.1 cm³/mol. The molecule has 2 atom stereocenters. The molecule has 1 radical (unpaired) electrons. The van der Waals surface area contributed by atoms with Crippen molar-refractivity contribution in [3.05, 3.63) is 31.2 Å². The third kappa shape index (κ3) is 9.57. The second-order valence-corrected chi connectivity index (χ2v) is 4.19. The van der Waals surface area contributed by atoms with Gasteiger partial charge in [0, 0.05) is 0 Å². The first-order valence-electron chi connectivity index (χ1n) is 5.83. The predicted octanol–water partition coefficient (Wildman–Crippen LogP) is 4.79. The van der Waals surface area contributed by atoms with Gasteiger partial charge in [0.2, 0.25) is 0 Å². The summed E-state index contributed by atoms with van der Waals surface area (Å²) >= 11 is 0. The normalized spacial score (nSPS) is 14.6. The van der Waals surface area contributed by atoms with E-state index in [1.165, 1.54) is 19.3 Å². The van der Waals surface area contributed by atoms with Crippen molar-refractivity contribution in [3.63, 3.8) is 0 Å². The number of hydrogen-bond acceptors (Lipinski definition) is 0. The number of allylic oxidation sites excluding steroid dienone is 4. The van der Waals surface area contributed by atoms with E-state index < -0.39 is 0 Å². The van der Waals surface area contributed by atoms with Gasteiger partial charge in [0.15, 0.2) is 0 Å². The second kappa shape index (κ2) is 9.05. The summed E-state index contributed by atoms with van der Waals surface area (Å²) in [5.74, 6) is 1.08. The molecule has 0 rings (SSSR count). The first-order valence-corrected chi connectivity index (χ1v) is 5.83. The Morgan fingerprint density at radius 3 is 2.43 bits per heavy atom. The SMILES string of the molecule is [CH2]C(C)C=CC(C)CC=CCCCC. The average molecular weight is 193 g/mol. The second-order valence-electron chi connectivity index (χ2n) is 4.19. The highest BCUT2D eigenvalue weighted by molar-refractivity contribution is 4.94. The first kappa shape index (κ1) is 13.5. The molecule has 0 aromatic carbocycles. The van der Waals surface area contributed by atoms with Crippen molar-refractivity contribution in [2.45, 2.75) is 46.5 Å². The van der Waals surface area contributed by atoms with Crippen LogP contribution in [0.1, 0.15) is 46.5 Å². The van der Waals surface area contributed by atoms with Gasteiger partial charge in [0.05, 0.1) is 0 Å². The van der Waals surface area contributed by atoms with Crippen molar-refractivity contribution in [1.29, 1.82) is 0 Å². The van der Waals surface area contributed by atoms with E-state index in [0.717, 1.165) is 6.42 Å². The highest BCUT2D eigenvalue weighted by Crippen LogP contribution is 2.07. The van der Waals surface area contributed by atoms with Gasteiger partial charge in [-0.15, -0.1) is 0 Å². The zero-order valence-corrected chi connectivity index (χ0v) is 10.00. The van der Waals surface area contributed by atoms with Crippen LogP contribution in [0.5, 0.6) is 0 Å². The summed E-state index contributed by atoms with van der Waals surface area (Å²) in [6.07, 6.45) is 14.1. The van der Waals surface area contributed by atoms with Crippen LogP contribution in [-0.2, 0) is 0 Å². The fourth-order valence-corrected chi connectivity index (χ4v) is 1.21.